The summed E-state index contributed by atoms with van der Waals surface area (Å²) in [6.07, 6.45) is 1.97. The van der Waals surface area contributed by atoms with Crippen LogP contribution in [0.15, 0.2) is 18.2 Å². The zero-order chi connectivity index (χ0) is 14.0. The Balaban J connectivity index is 2.14. The van der Waals surface area contributed by atoms with Gasteiger partial charge >= 0.3 is 0 Å². The summed E-state index contributed by atoms with van der Waals surface area (Å²) >= 11 is 0. The second-order valence-corrected chi connectivity index (χ2v) is 4.99. The van der Waals surface area contributed by atoms with Crippen LogP contribution in [-0.2, 0) is 0 Å². The molecule has 0 amide bonds. The van der Waals surface area contributed by atoms with Crippen molar-refractivity contribution in [3.63, 3.8) is 0 Å². The Kier molecular flexibility index (Phi) is 3.80. The van der Waals surface area contributed by atoms with Crippen LogP contribution in [0.5, 0.6) is 0 Å². The molecule has 0 atom stereocenters. The van der Waals surface area contributed by atoms with E-state index in [1.165, 1.54) is 12.1 Å². The smallest absolute Gasteiger partial charge is 0.270 e. The summed E-state index contributed by atoms with van der Waals surface area (Å²) in [6.45, 7) is 0.732. The second kappa shape index (κ2) is 5.36. The maximum absolute atomic E-state index is 11.0. The lowest BCUT2D eigenvalue weighted by molar-refractivity contribution is -0.384. The number of hydrogen-bond acceptors (Lipinski definition) is 5. The molecule has 1 aliphatic rings. The molecule has 6 heteroatoms. The number of benzene rings is 1. The van der Waals surface area contributed by atoms with Crippen molar-refractivity contribution in [1.29, 1.82) is 0 Å². The van der Waals surface area contributed by atoms with Crippen molar-refractivity contribution in [1.82, 2.24) is 0 Å². The van der Waals surface area contributed by atoms with Gasteiger partial charge in [0.05, 0.1) is 11.0 Å². The number of nitrogens with zero attached hydrogens (tertiary/aromatic N) is 2. The predicted molar refractivity (Wildman–Crippen MR) is 70.5 cm³/mol. The third-order valence-electron chi connectivity index (χ3n) is 3.50. The first-order valence-electron chi connectivity index (χ1n) is 6.14. The van der Waals surface area contributed by atoms with E-state index in [0.29, 0.717) is 23.5 Å². The third kappa shape index (κ3) is 2.90. The van der Waals surface area contributed by atoms with Gasteiger partial charge in [-0.3, -0.25) is 14.9 Å². The maximum atomic E-state index is 11.0. The fraction of sp³-hybridized carbons (Fsp3) is 0.462. The molecule has 1 fully saturated rings. The molecule has 0 aromatic heterocycles. The molecule has 19 heavy (non-hydrogen) atoms. The van der Waals surface area contributed by atoms with Crippen molar-refractivity contribution >= 4 is 17.7 Å². The van der Waals surface area contributed by atoms with E-state index in [0.717, 1.165) is 19.4 Å². The molecule has 6 nitrogen and oxygen atoms in total. The van der Waals surface area contributed by atoms with E-state index >= 15 is 0 Å². The molecule has 0 unspecified atom stereocenters. The molecule has 0 heterocycles. The summed E-state index contributed by atoms with van der Waals surface area (Å²) in [5, 5.41) is 19.9. The van der Waals surface area contributed by atoms with Gasteiger partial charge in [0, 0.05) is 37.0 Å². The molecule has 1 N–H and O–H groups in total. The molecule has 0 spiro atoms. The fourth-order valence-electron chi connectivity index (χ4n) is 2.43. The molecule has 0 radical (unpaired) electrons. The van der Waals surface area contributed by atoms with Crippen LogP contribution < -0.4 is 4.90 Å². The predicted octanol–water partition coefficient (Wildman–Crippen LogP) is 1.61. The summed E-state index contributed by atoms with van der Waals surface area (Å²) < 4.78 is 0. The standard InChI is InChI=1S/C13H16N2O4/c1-14(7-9-4-12(17)5-9)13-3-2-11(15(18)19)6-10(13)8-16/h2-3,6,8-9,12,17H,4-5,7H2,1H3. The topological polar surface area (TPSA) is 83.7 Å². The fourth-order valence-corrected chi connectivity index (χ4v) is 2.43. The highest BCUT2D eigenvalue weighted by Gasteiger charge is 2.28. The van der Waals surface area contributed by atoms with Crippen LogP contribution in [0.4, 0.5) is 11.4 Å². The average molecular weight is 264 g/mol. The monoisotopic (exact) mass is 264 g/mol. The number of nitro benzene ring substituents is 1. The van der Waals surface area contributed by atoms with Crippen LogP contribution in [0.3, 0.4) is 0 Å². The first kappa shape index (κ1) is 13.5. The Labute approximate surface area is 110 Å². The van der Waals surface area contributed by atoms with Gasteiger partial charge in [0.15, 0.2) is 6.29 Å². The number of aliphatic hydroxyl groups excluding tert-OH is 1. The van der Waals surface area contributed by atoms with Crippen LogP contribution >= 0.6 is 0 Å². The number of anilines is 1. The Hall–Kier alpha value is -1.95. The van der Waals surface area contributed by atoms with E-state index in [9.17, 15) is 20.0 Å². The lowest BCUT2D eigenvalue weighted by atomic mass is 9.82. The number of nitro groups is 1. The summed E-state index contributed by atoms with van der Waals surface area (Å²) in [7, 11) is 1.85. The molecule has 0 bridgehead atoms. The van der Waals surface area contributed by atoms with Crippen LogP contribution in [-0.4, -0.2) is 36.0 Å². The van der Waals surface area contributed by atoms with Gasteiger partial charge in [0.1, 0.15) is 0 Å². The van der Waals surface area contributed by atoms with Crippen molar-refractivity contribution in [2.75, 3.05) is 18.5 Å². The molecule has 0 saturated heterocycles. The molecule has 102 valence electrons. The number of aldehydes is 1. The normalized spacial score (nSPS) is 21.6. The summed E-state index contributed by atoms with van der Waals surface area (Å²) in [5.41, 5.74) is 0.914. The van der Waals surface area contributed by atoms with Crippen LogP contribution in [0.2, 0.25) is 0 Å². The number of non-ortho nitro benzene ring substituents is 1. The van der Waals surface area contributed by atoms with Gasteiger partial charge in [-0.15, -0.1) is 0 Å². The zero-order valence-electron chi connectivity index (χ0n) is 10.7. The van der Waals surface area contributed by atoms with Gasteiger partial charge in [-0.05, 0) is 24.8 Å². The molecular formula is C13H16N2O4. The number of carbonyl (C=O) groups excluding carboxylic acids is 1. The van der Waals surface area contributed by atoms with E-state index in [4.69, 9.17) is 0 Å². The van der Waals surface area contributed by atoms with Crippen LogP contribution in [0.1, 0.15) is 23.2 Å². The Morgan fingerprint density at radius 1 is 1.53 bits per heavy atom. The van der Waals surface area contributed by atoms with E-state index < -0.39 is 4.92 Å². The van der Waals surface area contributed by atoms with Gasteiger partial charge in [0.2, 0.25) is 0 Å². The summed E-state index contributed by atoms with van der Waals surface area (Å²) in [5.74, 6) is 0.412. The van der Waals surface area contributed by atoms with Crippen LogP contribution in [0, 0.1) is 16.0 Å². The minimum atomic E-state index is -0.515. The average Bonchev–Trinajstić information content (AvgIpc) is 2.35. The highest BCUT2D eigenvalue weighted by molar-refractivity contribution is 5.85. The SMILES string of the molecule is CN(CC1CC(O)C1)c1ccc([N+](=O)[O-])cc1C=O. The van der Waals surface area contributed by atoms with Gasteiger partial charge in [-0.2, -0.15) is 0 Å². The van der Waals surface area contributed by atoms with Crippen molar-refractivity contribution < 1.29 is 14.8 Å². The Bertz CT molecular complexity index is 497. The van der Waals surface area contributed by atoms with E-state index in [1.54, 1.807) is 6.07 Å². The first-order chi connectivity index (χ1) is 9.01. The van der Waals surface area contributed by atoms with Gasteiger partial charge in [0.25, 0.3) is 5.69 Å². The summed E-state index contributed by atoms with van der Waals surface area (Å²) in [4.78, 5) is 23.1. The van der Waals surface area contributed by atoms with Gasteiger partial charge in [-0.25, -0.2) is 0 Å². The van der Waals surface area contributed by atoms with Crippen molar-refractivity contribution in [3.8, 4) is 0 Å². The maximum Gasteiger partial charge on any atom is 0.270 e. The molecule has 0 aliphatic heterocycles. The molecule has 1 aromatic carbocycles. The lowest BCUT2D eigenvalue weighted by Crippen LogP contribution is -2.37. The van der Waals surface area contributed by atoms with Crippen molar-refractivity contribution in [2.45, 2.75) is 18.9 Å². The first-order valence-corrected chi connectivity index (χ1v) is 6.14. The largest absolute Gasteiger partial charge is 0.393 e. The Morgan fingerprint density at radius 2 is 2.21 bits per heavy atom. The zero-order valence-corrected chi connectivity index (χ0v) is 10.7. The van der Waals surface area contributed by atoms with Crippen molar-refractivity contribution in [2.24, 2.45) is 5.92 Å². The number of hydrogen-bond donors (Lipinski definition) is 1. The molecule has 1 saturated carbocycles. The highest BCUT2D eigenvalue weighted by Crippen LogP contribution is 2.30. The van der Waals surface area contributed by atoms with Gasteiger partial charge < -0.3 is 10.0 Å². The van der Waals surface area contributed by atoms with Crippen LogP contribution in [0.25, 0.3) is 0 Å². The van der Waals surface area contributed by atoms with E-state index in [1.807, 2.05) is 11.9 Å². The number of carbonyl (C=O) groups is 1. The molecule has 2 rings (SSSR count). The number of rotatable bonds is 5. The highest BCUT2D eigenvalue weighted by atomic mass is 16.6. The lowest BCUT2D eigenvalue weighted by Gasteiger charge is -2.35. The minimum Gasteiger partial charge on any atom is -0.393 e. The number of aliphatic hydroxyl groups is 1. The third-order valence-corrected chi connectivity index (χ3v) is 3.50. The minimum absolute atomic E-state index is 0.0849. The Morgan fingerprint density at radius 3 is 2.74 bits per heavy atom. The molecule has 1 aliphatic carbocycles. The molecule has 1 aromatic rings. The van der Waals surface area contributed by atoms with E-state index in [2.05, 4.69) is 0 Å². The van der Waals surface area contributed by atoms with Gasteiger partial charge in [-0.1, -0.05) is 0 Å². The van der Waals surface area contributed by atoms with Crippen molar-refractivity contribution in [3.05, 3.63) is 33.9 Å². The molecular weight excluding hydrogens is 248 g/mol. The van der Waals surface area contributed by atoms with E-state index in [-0.39, 0.29) is 11.8 Å². The second-order valence-electron chi connectivity index (χ2n) is 4.99. The summed E-state index contributed by atoms with van der Waals surface area (Å²) in [6, 6.07) is 4.28. The quantitative estimate of drug-likeness (QED) is 0.496.